The van der Waals surface area contributed by atoms with Crippen LogP contribution in [0.1, 0.15) is 13.3 Å². The van der Waals surface area contributed by atoms with Gasteiger partial charge in [-0.25, -0.2) is 0 Å². The van der Waals surface area contributed by atoms with E-state index >= 15 is 0 Å². The predicted molar refractivity (Wildman–Crippen MR) is 37.8 cm³/mol. The van der Waals surface area contributed by atoms with Crippen molar-refractivity contribution >= 4 is 11.6 Å². The Morgan fingerprint density at radius 1 is 1.73 bits per heavy atom. The minimum absolute atomic E-state index is 0.0889. The second-order valence-corrected chi connectivity index (χ2v) is 2.17. The van der Waals surface area contributed by atoms with Crippen molar-refractivity contribution in [1.29, 1.82) is 0 Å². The summed E-state index contributed by atoms with van der Waals surface area (Å²) in [7, 11) is 0. The van der Waals surface area contributed by atoms with Crippen molar-refractivity contribution in [2.75, 3.05) is 0 Å². The lowest BCUT2D eigenvalue weighted by atomic mass is 10.2. The molecular formula is C6H6N2O3. The molecule has 11 heavy (non-hydrogen) atoms. The Kier molecular flexibility index (Phi) is 1.80. The number of nitro groups is 1. The third-order valence-corrected chi connectivity index (χ3v) is 1.29. The van der Waals surface area contributed by atoms with Crippen LogP contribution in [-0.4, -0.2) is 16.5 Å². The lowest BCUT2D eigenvalue weighted by molar-refractivity contribution is -0.348. The highest BCUT2D eigenvalue weighted by molar-refractivity contribution is 6.36. The highest BCUT2D eigenvalue weighted by Crippen LogP contribution is 2.06. The molecule has 0 aromatic carbocycles. The van der Waals surface area contributed by atoms with Gasteiger partial charge in [-0.15, -0.1) is 0 Å². The van der Waals surface area contributed by atoms with Gasteiger partial charge in [-0.05, 0) is 16.0 Å². The van der Waals surface area contributed by atoms with Crippen molar-refractivity contribution in [3.05, 3.63) is 21.9 Å². The second-order valence-electron chi connectivity index (χ2n) is 2.17. The number of Topliss-reactive ketones (excluding diaryl/α,β-unsaturated/α-hetero) is 1. The van der Waals surface area contributed by atoms with Gasteiger partial charge in [-0.1, -0.05) is 0 Å². The topological polar surface area (TPSA) is 72.6 Å². The zero-order valence-electron chi connectivity index (χ0n) is 5.90. The van der Waals surface area contributed by atoms with Gasteiger partial charge in [0.25, 0.3) is 5.78 Å². The Morgan fingerprint density at radius 3 is 2.82 bits per heavy atom. The fourth-order valence-corrected chi connectivity index (χ4v) is 0.749. The fourth-order valence-electron chi connectivity index (χ4n) is 0.749. The Balaban J connectivity index is 2.99. The van der Waals surface area contributed by atoms with Crippen LogP contribution in [-0.2, 0) is 4.79 Å². The maximum absolute atomic E-state index is 10.8. The lowest BCUT2D eigenvalue weighted by Crippen LogP contribution is -2.24. The maximum Gasteiger partial charge on any atom is 0.407 e. The number of hydrogen-bond donors (Lipinski definition) is 0. The van der Waals surface area contributed by atoms with Crippen molar-refractivity contribution in [3.63, 3.8) is 0 Å². The summed E-state index contributed by atoms with van der Waals surface area (Å²) in [5, 5.41) is 10.1. The summed E-state index contributed by atoms with van der Waals surface area (Å²) in [4.78, 5) is 23.6. The molecule has 0 atom stereocenters. The number of aliphatic imine (C=N–C) groups is 1. The summed E-state index contributed by atoms with van der Waals surface area (Å²) in [6, 6.07) is 0. The van der Waals surface area contributed by atoms with E-state index in [-0.39, 0.29) is 6.42 Å². The van der Waals surface area contributed by atoms with E-state index in [1.165, 1.54) is 0 Å². The summed E-state index contributed by atoms with van der Waals surface area (Å²) < 4.78 is 0. The second kappa shape index (κ2) is 2.61. The molecule has 0 bridgehead atoms. The first-order valence-electron chi connectivity index (χ1n) is 3.04. The van der Waals surface area contributed by atoms with E-state index in [0.717, 1.165) is 0 Å². The summed E-state index contributed by atoms with van der Waals surface area (Å²) in [5.41, 5.74) is 0.524. The van der Waals surface area contributed by atoms with E-state index in [1.54, 1.807) is 13.0 Å². The van der Waals surface area contributed by atoms with Crippen LogP contribution in [0.4, 0.5) is 0 Å². The van der Waals surface area contributed by atoms with E-state index in [0.29, 0.717) is 5.70 Å². The predicted octanol–water partition coefficient (Wildman–Crippen LogP) is 0.538. The van der Waals surface area contributed by atoms with Crippen LogP contribution >= 0.6 is 0 Å². The van der Waals surface area contributed by atoms with Gasteiger partial charge >= 0.3 is 5.84 Å². The standard InChI is InChI=1S/C6H6N2O3/c1-4-2-3-5(9)6(7-4)8(10)11/h2H,3H2,1H3. The van der Waals surface area contributed by atoms with Crippen molar-refractivity contribution in [2.45, 2.75) is 13.3 Å². The molecule has 0 radical (unpaired) electrons. The van der Waals surface area contributed by atoms with Crippen LogP contribution in [0.2, 0.25) is 0 Å². The minimum Gasteiger partial charge on any atom is -0.358 e. The largest absolute Gasteiger partial charge is 0.407 e. The van der Waals surface area contributed by atoms with Gasteiger partial charge in [-0.3, -0.25) is 4.79 Å². The summed E-state index contributed by atoms with van der Waals surface area (Å²) in [6.07, 6.45) is 1.65. The van der Waals surface area contributed by atoms with Gasteiger partial charge in [0.1, 0.15) is 5.70 Å². The van der Waals surface area contributed by atoms with Gasteiger partial charge in [0, 0.05) is 13.3 Å². The third kappa shape index (κ3) is 1.49. The third-order valence-electron chi connectivity index (χ3n) is 1.29. The first-order chi connectivity index (χ1) is 5.11. The number of allylic oxidation sites excluding steroid dienone is 2. The Morgan fingerprint density at radius 2 is 2.36 bits per heavy atom. The molecule has 0 amide bonds. The molecule has 1 aliphatic heterocycles. The molecule has 0 aromatic rings. The average molecular weight is 154 g/mol. The first kappa shape index (κ1) is 7.59. The SMILES string of the molecule is CC1=CCC(=O)C([N+](=O)[O-])=N1. The van der Waals surface area contributed by atoms with Crippen LogP contribution in [0.15, 0.2) is 16.8 Å². The van der Waals surface area contributed by atoms with E-state index in [2.05, 4.69) is 4.99 Å². The minimum atomic E-state index is -0.751. The van der Waals surface area contributed by atoms with Crippen LogP contribution in [0.3, 0.4) is 0 Å². The summed E-state index contributed by atoms with van der Waals surface area (Å²) in [6.45, 7) is 1.62. The molecule has 0 unspecified atom stereocenters. The highest BCUT2D eigenvalue weighted by atomic mass is 16.6. The normalized spacial score (nSPS) is 17.4. The van der Waals surface area contributed by atoms with Crippen LogP contribution in [0.25, 0.3) is 0 Å². The number of rotatable bonds is 0. The van der Waals surface area contributed by atoms with Gasteiger partial charge in [0.2, 0.25) is 0 Å². The molecule has 0 fully saturated rings. The number of carbonyl (C=O) groups excluding carboxylic acids is 1. The number of nitrogens with zero attached hydrogens (tertiary/aromatic N) is 2. The maximum atomic E-state index is 10.8. The molecule has 58 valence electrons. The smallest absolute Gasteiger partial charge is 0.358 e. The monoisotopic (exact) mass is 154 g/mol. The molecule has 5 heteroatoms. The molecule has 5 nitrogen and oxygen atoms in total. The molecule has 1 aliphatic rings. The van der Waals surface area contributed by atoms with Crippen LogP contribution in [0, 0.1) is 10.1 Å². The van der Waals surface area contributed by atoms with Crippen LogP contribution < -0.4 is 0 Å². The zero-order valence-corrected chi connectivity index (χ0v) is 5.90. The van der Waals surface area contributed by atoms with E-state index < -0.39 is 16.5 Å². The van der Waals surface area contributed by atoms with Gasteiger partial charge in [-0.2, -0.15) is 0 Å². The lowest BCUT2D eigenvalue weighted by Gasteiger charge is -1.99. The molecule has 0 N–H and O–H groups in total. The molecule has 0 aliphatic carbocycles. The van der Waals surface area contributed by atoms with Gasteiger partial charge in [0.15, 0.2) is 0 Å². The number of carbonyl (C=O) groups is 1. The van der Waals surface area contributed by atoms with Crippen molar-refractivity contribution in [1.82, 2.24) is 0 Å². The van der Waals surface area contributed by atoms with Gasteiger partial charge in [0.05, 0.1) is 0 Å². The molecular weight excluding hydrogens is 148 g/mol. The fraction of sp³-hybridized carbons (Fsp3) is 0.333. The van der Waals surface area contributed by atoms with E-state index in [1.807, 2.05) is 0 Å². The molecule has 0 spiro atoms. The van der Waals surface area contributed by atoms with Crippen LogP contribution in [0.5, 0.6) is 0 Å². The summed E-state index contributed by atoms with van der Waals surface area (Å²) >= 11 is 0. The Labute approximate surface area is 62.6 Å². The molecule has 1 rings (SSSR count). The molecule has 1 heterocycles. The number of hydrogen-bond acceptors (Lipinski definition) is 4. The highest BCUT2D eigenvalue weighted by Gasteiger charge is 2.25. The Bertz CT molecular complexity index is 278. The number of amidine groups is 1. The quantitative estimate of drug-likeness (QED) is 0.377. The van der Waals surface area contributed by atoms with Crippen molar-refractivity contribution < 1.29 is 9.72 Å². The molecule has 0 aromatic heterocycles. The Hall–Kier alpha value is -1.52. The molecule has 0 saturated carbocycles. The summed E-state index contributed by atoms with van der Waals surface area (Å²) in [5.74, 6) is -1.08. The number of ketones is 1. The van der Waals surface area contributed by atoms with Gasteiger partial charge < -0.3 is 10.1 Å². The average Bonchev–Trinajstić information content (AvgIpc) is 1.94. The van der Waals surface area contributed by atoms with Crippen molar-refractivity contribution in [3.8, 4) is 0 Å². The molecule has 0 saturated heterocycles. The van der Waals surface area contributed by atoms with E-state index in [4.69, 9.17) is 0 Å². The van der Waals surface area contributed by atoms with E-state index in [9.17, 15) is 14.9 Å². The zero-order chi connectivity index (χ0) is 8.43. The van der Waals surface area contributed by atoms with Crippen molar-refractivity contribution in [2.24, 2.45) is 4.99 Å². The first-order valence-corrected chi connectivity index (χ1v) is 3.04.